The van der Waals surface area contributed by atoms with E-state index in [9.17, 15) is 0 Å². The molecule has 3 heterocycles. The molecule has 0 bridgehead atoms. The molecule has 0 aliphatic rings. The summed E-state index contributed by atoms with van der Waals surface area (Å²) >= 11 is 0. The highest BCUT2D eigenvalue weighted by atomic mass is 16.3. The quantitative estimate of drug-likeness (QED) is 0.197. The molecule has 224 valence electrons. The van der Waals surface area contributed by atoms with Crippen molar-refractivity contribution in [3.8, 4) is 45.3 Å². The minimum atomic E-state index is 0.573. The van der Waals surface area contributed by atoms with Gasteiger partial charge in [0.25, 0.3) is 0 Å². The van der Waals surface area contributed by atoms with Crippen molar-refractivity contribution >= 4 is 54.6 Å². The molecular formula is C43H25N3O2. The number of nitrogens with zero attached hydrogens (tertiary/aromatic N) is 3. The van der Waals surface area contributed by atoms with Crippen LogP contribution in [0.25, 0.3) is 99.9 Å². The van der Waals surface area contributed by atoms with Crippen LogP contribution in [0.2, 0.25) is 0 Å². The molecule has 48 heavy (non-hydrogen) atoms. The van der Waals surface area contributed by atoms with Crippen molar-refractivity contribution in [3.63, 3.8) is 0 Å². The average molecular weight is 616 g/mol. The van der Waals surface area contributed by atoms with Crippen LogP contribution in [0.15, 0.2) is 160 Å². The first-order valence-electron chi connectivity index (χ1n) is 15.9. The van der Waals surface area contributed by atoms with Crippen LogP contribution < -0.4 is 0 Å². The first-order chi connectivity index (χ1) is 23.8. The van der Waals surface area contributed by atoms with Crippen molar-refractivity contribution in [2.24, 2.45) is 0 Å². The predicted octanol–water partition coefficient (Wildman–Crippen LogP) is 11.5. The van der Waals surface area contributed by atoms with Crippen LogP contribution in [0.1, 0.15) is 0 Å². The fourth-order valence-corrected chi connectivity index (χ4v) is 6.90. The Morgan fingerprint density at radius 1 is 0.354 bits per heavy atom. The second-order valence-corrected chi connectivity index (χ2v) is 12.0. The average Bonchev–Trinajstić information content (AvgIpc) is 3.74. The van der Waals surface area contributed by atoms with E-state index in [2.05, 4.69) is 60.7 Å². The first kappa shape index (κ1) is 26.6. The summed E-state index contributed by atoms with van der Waals surface area (Å²) in [4.78, 5) is 15.5. The van der Waals surface area contributed by atoms with Gasteiger partial charge in [-0.2, -0.15) is 0 Å². The van der Waals surface area contributed by atoms with Gasteiger partial charge in [0, 0.05) is 43.6 Å². The number of aromatic nitrogens is 3. The van der Waals surface area contributed by atoms with Crippen molar-refractivity contribution in [1.29, 1.82) is 0 Å². The van der Waals surface area contributed by atoms with E-state index in [1.807, 2.05) is 91.0 Å². The second kappa shape index (κ2) is 10.5. The zero-order chi connectivity index (χ0) is 31.6. The molecule has 5 nitrogen and oxygen atoms in total. The molecule has 10 rings (SSSR count). The molecule has 0 amide bonds. The van der Waals surface area contributed by atoms with Crippen LogP contribution in [0.4, 0.5) is 0 Å². The van der Waals surface area contributed by atoms with Gasteiger partial charge in [0.2, 0.25) is 0 Å². The maximum absolute atomic E-state index is 6.53. The molecule has 0 saturated heterocycles. The van der Waals surface area contributed by atoms with Crippen LogP contribution in [0.3, 0.4) is 0 Å². The highest BCUT2D eigenvalue weighted by Gasteiger charge is 2.22. The summed E-state index contributed by atoms with van der Waals surface area (Å²) in [5.41, 5.74) is 8.03. The summed E-state index contributed by atoms with van der Waals surface area (Å²) in [6, 6.07) is 51.5. The van der Waals surface area contributed by atoms with Gasteiger partial charge in [0.15, 0.2) is 17.5 Å². The third-order valence-electron chi connectivity index (χ3n) is 9.12. The Morgan fingerprint density at radius 2 is 1.00 bits per heavy atom. The molecule has 0 spiro atoms. The number of rotatable bonds is 4. The van der Waals surface area contributed by atoms with E-state index in [0.29, 0.717) is 17.5 Å². The lowest BCUT2D eigenvalue weighted by Gasteiger charge is -2.11. The van der Waals surface area contributed by atoms with E-state index in [1.165, 1.54) is 0 Å². The molecule has 3 aromatic heterocycles. The molecule has 10 aromatic rings. The molecule has 5 heteroatoms. The lowest BCUT2D eigenvalue weighted by molar-refractivity contribution is 0.669. The molecule has 0 aliphatic carbocycles. The molecular weight excluding hydrogens is 590 g/mol. The third kappa shape index (κ3) is 4.15. The lowest BCUT2D eigenvalue weighted by atomic mass is 9.98. The minimum Gasteiger partial charge on any atom is -0.456 e. The number of benzene rings is 7. The Bertz CT molecular complexity index is 2840. The fraction of sp³-hybridized carbons (Fsp3) is 0. The highest BCUT2D eigenvalue weighted by molar-refractivity contribution is 6.19. The normalized spacial score (nSPS) is 11.8. The van der Waals surface area contributed by atoms with Gasteiger partial charge in [0.05, 0.1) is 0 Å². The number of fused-ring (bicyclic) bond motifs is 8. The smallest absolute Gasteiger partial charge is 0.164 e. The van der Waals surface area contributed by atoms with Gasteiger partial charge < -0.3 is 8.83 Å². The van der Waals surface area contributed by atoms with Crippen molar-refractivity contribution in [1.82, 2.24) is 15.0 Å². The maximum atomic E-state index is 6.53. The van der Waals surface area contributed by atoms with Gasteiger partial charge in [-0.1, -0.05) is 121 Å². The van der Waals surface area contributed by atoms with Crippen molar-refractivity contribution in [2.75, 3.05) is 0 Å². The summed E-state index contributed by atoms with van der Waals surface area (Å²) in [6.07, 6.45) is 0. The Labute approximate surface area is 274 Å². The van der Waals surface area contributed by atoms with Crippen LogP contribution in [0.5, 0.6) is 0 Å². The van der Waals surface area contributed by atoms with Gasteiger partial charge in [-0.15, -0.1) is 0 Å². The van der Waals surface area contributed by atoms with Crippen LogP contribution >= 0.6 is 0 Å². The van der Waals surface area contributed by atoms with Gasteiger partial charge in [-0.3, -0.25) is 0 Å². The molecule has 0 fully saturated rings. The number of hydrogen-bond donors (Lipinski definition) is 0. The van der Waals surface area contributed by atoms with E-state index >= 15 is 0 Å². The van der Waals surface area contributed by atoms with Gasteiger partial charge >= 0.3 is 0 Å². The van der Waals surface area contributed by atoms with Crippen molar-refractivity contribution in [2.45, 2.75) is 0 Å². The number of hydrogen-bond acceptors (Lipinski definition) is 5. The van der Waals surface area contributed by atoms with Crippen molar-refractivity contribution < 1.29 is 8.83 Å². The SMILES string of the molecule is c1ccc(-c2cc(-c3nc(-c4ccccc4)nc(-c4cccc5oc6c7ccccc7ccc6c45)n3)c3c(c2)oc2ccccc23)cc1. The topological polar surface area (TPSA) is 65.0 Å². The van der Waals surface area contributed by atoms with E-state index in [0.717, 1.165) is 82.5 Å². The summed E-state index contributed by atoms with van der Waals surface area (Å²) in [5.74, 6) is 1.74. The summed E-state index contributed by atoms with van der Waals surface area (Å²) < 4.78 is 13.0. The second-order valence-electron chi connectivity index (χ2n) is 12.0. The van der Waals surface area contributed by atoms with E-state index in [1.54, 1.807) is 0 Å². The van der Waals surface area contributed by atoms with Gasteiger partial charge in [0.1, 0.15) is 22.3 Å². The lowest BCUT2D eigenvalue weighted by Crippen LogP contribution is -2.01. The summed E-state index contributed by atoms with van der Waals surface area (Å²) in [7, 11) is 0. The summed E-state index contributed by atoms with van der Waals surface area (Å²) in [5, 5.41) is 6.20. The van der Waals surface area contributed by atoms with E-state index in [-0.39, 0.29) is 0 Å². The molecule has 0 saturated carbocycles. The highest BCUT2D eigenvalue weighted by Crippen LogP contribution is 2.42. The van der Waals surface area contributed by atoms with E-state index < -0.39 is 0 Å². The molecule has 0 atom stereocenters. The third-order valence-corrected chi connectivity index (χ3v) is 9.12. The first-order valence-corrected chi connectivity index (χ1v) is 15.9. The Balaban J connectivity index is 1.29. The van der Waals surface area contributed by atoms with Gasteiger partial charge in [-0.05, 0) is 46.8 Å². The molecule has 0 aliphatic heterocycles. The molecule has 0 radical (unpaired) electrons. The fourth-order valence-electron chi connectivity index (χ4n) is 6.90. The minimum absolute atomic E-state index is 0.573. The molecule has 0 unspecified atom stereocenters. The standard InChI is InChI=1S/C43H25N3O2/c1-3-12-26(13-4-1)29-24-34(38-31-18-9-10-20-35(31)47-37(38)25-29)43-45-41(28-15-5-2-6-16-28)44-42(46-43)33-19-11-21-36-39(33)32-23-22-27-14-7-8-17-30(27)40(32)48-36/h1-25H. The molecule has 7 aromatic carbocycles. The predicted molar refractivity (Wildman–Crippen MR) is 194 cm³/mol. The van der Waals surface area contributed by atoms with Crippen molar-refractivity contribution in [3.05, 3.63) is 152 Å². The maximum Gasteiger partial charge on any atom is 0.164 e. The monoisotopic (exact) mass is 615 g/mol. The molecule has 0 N–H and O–H groups in total. The van der Waals surface area contributed by atoms with Gasteiger partial charge in [-0.25, -0.2) is 15.0 Å². The van der Waals surface area contributed by atoms with Crippen LogP contribution in [-0.2, 0) is 0 Å². The zero-order valence-electron chi connectivity index (χ0n) is 25.6. The zero-order valence-corrected chi connectivity index (χ0v) is 25.6. The Kier molecular flexibility index (Phi) is 5.81. The van der Waals surface area contributed by atoms with Crippen LogP contribution in [0, 0.1) is 0 Å². The Morgan fingerprint density at radius 3 is 1.83 bits per heavy atom. The summed E-state index contributed by atoms with van der Waals surface area (Å²) in [6.45, 7) is 0. The van der Waals surface area contributed by atoms with Crippen LogP contribution in [-0.4, -0.2) is 15.0 Å². The van der Waals surface area contributed by atoms with E-state index in [4.69, 9.17) is 23.8 Å². The Hall–Kier alpha value is -6.59. The number of furan rings is 2. The largest absolute Gasteiger partial charge is 0.456 e. The number of para-hydroxylation sites is 1.